The molecule has 310 valence electrons. The van der Waals surface area contributed by atoms with Crippen molar-refractivity contribution >= 4 is 31.6 Å². The van der Waals surface area contributed by atoms with Gasteiger partial charge in [-0.15, -0.1) is 0 Å². The second kappa shape index (κ2) is 22.5. The van der Waals surface area contributed by atoms with E-state index in [0.717, 1.165) is 72.7 Å². The van der Waals surface area contributed by atoms with E-state index in [1.165, 1.54) is 0 Å². The van der Waals surface area contributed by atoms with Crippen LogP contribution in [-0.2, 0) is 20.2 Å². The third-order valence-electron chi connectivity index (χ3n) is 8.04. The topological polar surface area (TPSA) is 196 Å². The number of ether oxygens (including phenoxy) is 6. The Hall–Kier alpha value is -5.04. The van der Waals surface area contributed by atoms with Crippen LogP contribution in [0.1, 0.15) is 25.7 Å². The van der Waals surface area contributed by atoms with Gasteiger partial charge in [0.2, 0.25) is 11.5 Å². The fourth-order valence-corrected chi connectivity index (χ4v) is 5.33. The Kier molecular flexibility index (Phi) is 18.9. The van der Waals surface area contributed by atoms with Gasteiger partial charge < -0.3 is 38.2 Å². The van der Waals surface area contributed by atoms with Gasteiger partial charge in [0.05, 0.1) is 90.3 Å². The standard InChI is InChI=1S/C36H46N4O6.2CH4O3S/c1-39(27-13-15-29(37-23-27)25-19-31(41-3)35(45-7)32(20-25)42-4)17-11-9-10-12-18-40(2)28-14-16-30(38-24-28)26-21-33(43-5)36(46-8)34(22-26)44-6;2*1-5(2,3)4/h13-16,19-24H,9-12,17-18H2,1-8H3;2*1H3,(H,2,3,4). The molecule has 0 unspecified atom stereocenters. The first-order chi connectivity index (χ1) is 26.4. The van der Waals surface area contributed by atoms with Gasteiger partial charge in [-0.2, -0.15) is 16.8 Å². The quantitative estimate of drug-likeness (QED) is 0.0928. The lowest BCUT2D eigenvalue weighted by molar-refractivity contribution is 0.324. The van der Waals surface area contributed by atoms with E-state index in [2.05, 4.69) is 36.0 Å². The van der Waals surface area contributed by atoms with Crippen LogP contribution >= 0.6 is 0 Å². The summed E-state index contributed by atoms with van der Waals surface area (Å²) in [6.45, 7) is 1.93. The third-order valence-corrected chi connectivity index (χ3v) is 8.04. The van der Waals surface area contributed by atoms with Gasteiger partial charge in [0, 0.05) is 38.3 Å². The van der Waals surface area contributed by atoms with Crippen molar-refractivity contribution in [1.29, 1.82) is 0 Å². The number of methoxy groups -OCH3 is 6. The summed E-state index contributed by atoms with van der Waals surface area (Å²) in [6.07, 6.45) is 9.80. The molecule has 16 nitrogen and oxygen atoms in total. The third kappa shape index (κ3) is 16.0. The minimum Gasteiger partial charge on any atom is -0.493 e. The number of nitrogens with zero attached hydrogens (tertiary/aromatic N) is 4. The van der Waals surface area contributed by atoms with Crippen LogP contribution in [0.5, 0.6) is 34.5 Å². The zero-order valence-electron chi connectivity index (χ0n) is 33.6. The van der Waals surface area contributed by atoms with Crippen LogP contribution in [0.15, 0.2) is 60.9 Å². The first-order valence-corrected chi connectivity index (χ1v) is 20.9. The fraction of sp³-hybridized carbons (Fsp3) is 0.421. The van der Waals surface area contributed by atoms with Crippen LogP contribution in [0.2, 0.25) is 0 Å². The second-order valence-corrected chi connectivity index (χ2v) is 15.3. The molecule has 0 atom stereocenters. The van der Waals surface area contributed by atoms with Crippen molar-refractivity contribution < 1.29 is 54.4 Å². The highest BCUT2D eigenvalue weighted by Gasteiger charge is 2.16. The summed E-state index contributed by atoms with van der Waals surface area (Å²) >= 11 is 0. The van der Waals surface area contributed by atoms with Gasteiger partial charge in [-0.3, -0.25) is 19.1 Å². The summed E-state index contributed by atoms with van der Waals surface area (Å²) < 4.78 is 84.6. The lowest BCUT2D eigenvalue weighted by atomic mass is 10.1. The monoisotopic (exact) mass is 822 g/mol. The van der Waals surface area contributed by atoms with E-state index in [1.807, 2.05) is 48.8 Å². The van der Waals surface area contributed by atoms with Gasteiger partial charge >= 0.3 is 0 Å². The van der Waals surface area contributed by atoms with Gasteiger partial charge in [-0.05, 0) is 61.4 Å². The zero-order chi connectivity index (χ0) is 42.1. The molecule has 0 bridgehead atoms. The maximum atomic E-state index is 9.19. The fourth-order valence-electron chi connectivity index (χ4n) is 5.33. The van der Waals surface area contributed by atoms with Crippen LogP contribution in [-0.4, -0.2) is 118 Å². The molecule has 0 radical (unpaired) electrons. The number of aromatic nitrogens is 2. The predicted octanol–water partition coefficient (Wildman–Crippen LogP) is 6.00. The van der Waals surface area contributed by atoms with E-state index in [9.17, 15) is 16.8 Å². The average molecular weight is 823 g/mol. The molecule has 0 saturated heterocycles. The highest BCUT2D eigenvalue weighted by atomic mass is 32.2. The summed E-state index contributed by atoms with van der Waals surface area (Å²) in [7, 11) is 6.53. The Labute approximate surface area is 330 Å². The number of unbranched alkanes of at least 4 members (excludes halogenated alkanes) is 3. The number of rotatable bonds is 17. The Bertz CT molecular complexity index is 1820. The normalized spacial score (nSPS) is 10.9. The average Bonchev–Trinajstić information content (AvgIpc) is 3.16. The summed E-state index contributed by atoms with van der Waals surface area (Å²) in [5, 5.41) is 0. The van der Waals surface area contributed by atoms with Gasteiger partial charge in [-0.25, -0.2) is 0 Å². The lowest BCUT2D eigenvalue weighted by Gasteiger charge is -2.20. The summed E-state index contributed by atoms with van der Waals surface area (Å²) in [5.74, 6) is 3.55. The van der Waals surface area contributed by atoms with E-state index in [4.69, 9.17) is 47.5 Å². The van der Waals surface area contributed by atoms with Crippen LogP contribution < -0.4 is 38.2 Å². The molecule has 4 rings (SSSR count). The number of hydrogen-bond acceptors (Lipinski definition) is 14. The Morgan fingerprint density at radius 1 is 0.518 bits per heavy atom. The van der Waals surface area contributed by atoms with Crippen molar-refractivity contribution in [3.8, 4) is 57.0 Å². The van der Waals surface area contributed by atoms with Crippen molar-refractivity contribution in [2.75, 3.05) is 92.2 Å². The summed E-state index contributed by atoms with van der Waals surface area (Å²) in [5.41, 5.74) is 5.65. The SMILES string of the molecule is COc1cc(-c2ccc(N(C)CCCCCCN(C)c3ccc(-c4cc(OC)c(OC)c(OC)c4)nc3)cn2)cc(OC)c1OC.CS(=O)(=O)O.CS(=O)(=O)O. The van der Waals surface area contributed by atoms with Crippen molar-refractivity contribution in [1.82, 2.24) is 9.97 Å². The molecule has 0 spiro atoms. The lowest BCUT2D eigenvalue weighted by Crippen LogP contribution is -2.19. The van der Waals surface area contributed by atoms with Crippen LogP contribution in [0.3, 0.4) is 0 Å². The zero-order valence-corrected chi connectivity index (χ0v) is 35.2. The van der Waals surface area contributed by atoms with E-state index >= 15 is 0 Å². The molecule has 0 aliphatic carbocycles. The van der Waals surface area contributed by atoms with E-state index in [0.29, 0.717) is 47.0 Å². The van der Waals surface area contributed by atoms with E-state index < -0.39 is 20.2 Å². The summed E-state index contributed by atoms with van der Waals surface area (Å²) in [6, 6.07) is 15.9. The number of hydrogen-bond donors (Lipinski definition) is 2. The second-order valence-electron chi connectivity index (χ2n) is 12.4. The minimum atomic E-state index is -3.67. The maximum Gasteiger partial charge on any atom is 0.261 e. The molecule has 0 aliphatic heterocycles. The number of benzene rings is 2. The number of anilines is 2. The highest BCUT2D eigenvalue weighted by molar-refractivity contribution is 7.85. The van der Waals surface area contributed by atoms with Crippen molar-refractivity contribution in [3.63, 3.8) is 0 Å². The molecule has 0 amide bonds. The number of pyridine rings is 2. The van der Waals surface area contributed by atoms with Gasteiger partial charge in [0.1, 0.15) is 0 Å². The summed E-state index contributed by atoms with van der Waals surface area (Å²) in [4.78, 5) is 13.9. The first-order valence-electron chi connectivity index (χ1n) is 17.2. The largest absolute Gasteiger partial charge is 0.493 e. The molecule has 18 heteroatoms. The van der Waals surface area contributed by atoms with Crippen molar-refractivity contribution in [3.05, 3.63) is 60.9 Å². The van der Waals surface area contributed by atoms with Crippen molar-refractivity contribution in [2.45, 2.75) is 25.7 Å². The molecule has 2 N–H and O–H groups in total. The minimum absolute atomic E-state index is 0.566. The smallest absolute Gasteiger partial charge is 0.261 e. The Morgan fingerprint density at radius 2 is 0.804 bits per heavy atom. The molecule has 2 aromatic heterocycles. The van der Waals surface area contributed by atoms with Crippen LogP contribution in [0.4, 0.5) is 11.4 Å². The molecule has 56 heavy (non-hydrogen) atoms. The maximum absolute atomic E-state index is 9.19. The van der Waals surface area contributed by atoms with Gasteiger partial charge in [-0.1, -0.05) is 12.8 Å². The predicted molar refractivity (Wildman–Crippen MR) is 219 cm³/mol. The molecule has 4 aromatic rings. The van der Waals surface area contributed by atoms with Crippen molar-refractivity contribution in [2.24, 2.45) is 0 Å². The van der Waals surface area contributed by atoms with Gasteiger partial charge in [0.15, 0.2) is 23.0 Å². The van der Waals surface area contributed by atoms with Gasteiger partial charge in [0.25, 0.3) is 20.2 Å². The van der Waals surface area contributed by atoms with Crippen LogP contribution in [0.25, 0.3) is 22.5 Å². The van der Waals surface area contributed by atoms with Crippen LogP contribution in [0, 0.1) is 0 Å². The molecule has 2 aromatic carbocycles. The molecular weight excluding hydrogens is 769 g/mol. The Morgan fingerprint density at radius 3 is 1.02 bits per heavy atom. The molecule has 0 aliphatic rings. The molecule has 0 fully saturated rings. The molecule has 2 heterocycles. The highest BCUT2D eigenvalue weighted by Crippen LogP contribution is 2.42. The van der Waals surface area contributed by atoms with E-state index in [1.54, 1.807) is 42.7 Å². The molecule has 0 saturated carbocycles. The first kappa shape index (κ1) is 47.1. The molecular formula is C38H54N4O12S2. The Balaban J connectivity index is 0.000000961. The van der Waals surface area contributed by atoms with E-state index in [-0.39, 0.29) is 0 Å².